The van der Waals surface area contributed by atoms with Crippen molar-refractivity contribution in [2.75, 3.05) is 10.7 Å². The number of amides is 2. The van der Waals surface area contributed by atoms with Gasteiger partial charge in [-0.25, -0.2) is 4.68 Å². The van der Waals surface area contributed by atoms with Crippen LogP contribution in [0.1, 0.15) is 46.9 Å². The highest BCUT2D eigenvalue weighted by atomic mass is 16.2. The second-order valence-corrected chi connectivity index (χ2v) is 6.12. The van der Waals surface area contributed by atoms with Gasteiger partial charge in [-0.15, -0.1) is 0 Å². The maximum atomic E-state index is 12.5. The van der Waals surface area contributed by atoms with E-state index < -0.39 is 5.91 Å². The van der Waals surface area contributed by atoms with Gasteiger partial charge < -0.3 is 5.32 Å². The molecule has 6 heteroatoms. The number of hydrogen-bond acceptors (Lipinski definition) is 3. The molecule has 0 aliphatic heterocycles. The van der Waals surface area contributed by atoms with Gasteiger partial charge in [-0.3, -0.25) is 19.8 Å². The third-order valence-electron chi connectivity index (χ3n) is 3.83. The van der Waals surface area contributed by atoms with Crippen molar-refractivity contribution < 1.29 is 9.59 Å². The van der Waals surface area contributed by atoms with Crippen LogP contribution in [0.2, 0.25) is 0 Å². The molecular weight excluding hydrogens is 318 g/mol. The van der Waals surface area contributed by atoms with E-state index in [-0.39, 0.29) is 11.5 Å². The van der Waals surface area contributed by atoms with Gasteiger partial charge in [-0.2, -0.15) is 0 Å². The third-order valence-corrected chi connectivity index (χ3v) is 3.83. The number of rotatable bonds is 5. The molecule has 132 valence electrons. The molecular formula is C19H23N3O3. The van der Waals surface area contributed by atoms with Gasteiger partial charge in [-0.05, 0) is 56.5 Å². The van der Waals surface area contributed by atoms with Crippen LogP contribution < -0.4 is 16.3 Å². The summed E-state index contributed by atoms with van der Waals surface area (Å²) in [6.07, 6.45) is 1.18. The molecule has 1 aromatic carbocycles. The van der Waals surface area contributed by atoms with E-state index in [0.29, 0.717) is 23.4 Å². The number of hydrogen-bond donors (Lipinski definition) is 2. The van der Waals surface area contributed by atoms with Crippen molar-refractivity contribution in [3.05, 3.63) is 63.1 Å². The molecule has 0 atom stereocenters. The van der Waals surface area contributed by atoms with Gasteiger partial charge >= 0.3 is 0 Å². The Morgan fingerprint density at radius 3 is 2.44 bits per heavy atom. The number of pyridine rings is 1. The first-order valence-corrected chi connectivity index (χ1v) is 8.24. The first kappa shape index (κ1) is 18.4. The van der Waals surface area contributed by atoms with Crippen LogP contribution in [0.5, 0.6) is 0 Å². The van der Waals surface area contributed by atoms with Crippen LogP contribution in [-0.2, 0) is 4.79 Å². The zero-order chi connectivity index (χ0) is 18.6. The molecule has 2 amide bonds. The fraction of sp³-hybridized carbons (Fsp3) is 0.316. The number of carbonyl (C=O) groups excluding carboxylic acids is 2. The molecule has 0 radical (unpaired) electrons. The highest BCUT2D eigenvalue weighted by Crippen LogP contribution is 2.17. The van der Waals surface area contributed by atoms with Crippen LogP contribution in [0.4, 0.5) is 5.69 Å². The molecule has 6 nitrogen and oxygen atoms in total. The summed E-state index contributed by atoms with van der Waals surface area (Å²) in [5.41, 5.74) is 5.61. The zero-order valence-corrected chi connectivity index (χ0v) is 15.0. The van der Waals surface area contributed by atoms with Crippen molar-refractivity contribution in [3.8, 4) is 0 Å². The molecule has 0 aliphatic rings. The largest absolute Gasteiger partial charge is 0.326 e. The highest BCUT2D eigenvalue weighted by Gasteiger charge is 2.12. The number of aromatic nitrogens is 1. The second kappa shape index (κ2) is 7.79. The van der Waals surface area contributed by atoms with Gasteiger partial charge in [0.2, 0.25) is 5.91 Å². The molecule has 2 aromatic rings. The Morgan fingerprint density at radius 2 is 1.80 bits per heavy atom. The van der Waals surface area contributed by atoms with E-state index in [1.54, 1.807) is 25.1 Å². The predicted molar refractivity (Wildman–Crippen MR) is 98.6 cm³/mol. The van der Waals surface area contributed by atoms with Crippen molar-refractivity contribution in [1.82, 2.24) is 4.68 Å². The molecule has 1 heterocycles. The molecule has 0 fully saturated rings. The monoisotopic (exact) mass is 341 g/mol. The van der Waals surface area contributed by atoms with Crippen LogP contribution in [0, 0.1) is 20.8 Å². The summed E-state index contributed by atoms with van der Waals surface area (Å²) in [4.78, 5) is 36.4. The highest BCUT2D eigenvalue weighted by molar-refractivity contribution is 6.02. The van der Waals surface area contributed by atoms with E-state index in [4.69, 9.17) is 0 Å². The van der Waals surface area contributed by atoms with Crippen molar-refractivity contribution >= 4 is 17.5 Å². The van der Waals surface area contributed by atoms with Gasteiger partial charge in [0.15, 0.2) is 0 Å². The smallest absolute Gasteiger partial charge is 0.270 e. The molecule has 0 saturated heterocycles. The topological polar surface area (TPSA) is 80.2 Å². The quantitative estimate of drug-likeness (QED) is 0.877. The Bertz CT molecular complexity index is 869. The van der Waals surface area contributed by atoms with Crippen molar-refractivity contribution in [1.29, 1.82) is 0 Å². The molecule has 2 N–H and O–H groups in total. The maximum absolute atomic E-state index is 12.5. The maximum Gasteiger partial charge on any atom is 0.270 e. The summed E-state index contributed by atoms with van der Waals surface area (Å²) in [7, 11) is 0. The minimum Gasteiger partial charge on any atom is -0.326 e. The molecule has 1 aromatic heterocycles. The number of anilines is 1. The summed E-state index contributed by atoms with van der Waals surface area (Å²) in [6.45, 7) is 7.36. The Labute approximate surface area is 146 Å². The van der Waals surface area contributed by atoms with Crippen molar-refractivity contribution in [2.45, 2.75) is 40.5 Å². The summed E-state index contributed by atoms with van der Waals surface area (Å²) in [5.74, 6) is -0.506. The number of benzene rings is 1. The SMILES string of the molecule is CCCC(=O)Nc1cc(C(=O)Nn2c(C)cc(C)cc2=O)ccc1C. The number of nitrogens with zero attached hydrogens (tertiary/aromatic N) is 1. The second-order valence-electron chi connectivity index (χ2n) is 6.12. The Morgan fingerprint density at radius 1 is 1.08 bits per heavy atom. The first-order chi connectivity index (χ1) is 11.8. The van der Waals surface area contributed by atoms with Gasteiger partial charge in [-0.1, -0.05) is 13.0 Å². The van der Waals surface area contributed by atoms with Crippen LogP contribution in [0.15, 0.2) is 35.1 Å². The predicted octanol–water partition coefficient (Wildman–Crippen LogP) is 2.90. The number of nitrogens with one attached hydrogen (secondary N) is 2. The average Bonchev–Trinajstić information content (AvgIpc) is 2.53. The van der Waals surface area contributed by atoms with Crippen LogP contribution in [0.3, 0.4) is 0 Å². The van der Waals surface area contributed by atoms with Crippen molar-refractivity contribution in [3.63, 3.8) is 0 Å². The fourth-order valence-electron chi connectivity index (χ4n) is 2.52. The Kier molecular flexibility index (Phi) is 5.75. The van der Waals surface area contributed by atoms with E-state index in [1.807, 2.05) is 26.8 Å². The average molecular weight is 341 g/mol. The van der Waals surface area contributed by atoms with Gasteiger partial charge in [0.25, 0.3) is 11.5 Å². The third kappa shape index (κ3) is 4.56. The molecule has 0 spiro atoms. The normalized spacial score (nSPS) is 10.4. The fourth-order valence-corrected chi connectivity index (χ4v) is 2.52. The van der Waals surface area contributed by atoms with E-state index in [2.05, 4.69) is 10.7 Å². The van der Waals surface area contributed by atoms with Crippen LogP contribution in [-0.4, -0.2) is 16.5 Å². The molecule has 0 unspecified atom stereocenters. The summed E-state index contributed by atoms with van der Waals surface area (Å²) >= 11 is 0. The van der Waals surface area contributed by atoms with Gasteiger partial charge in [0.05, 0.1) is 0 Å². The lowest BCUT2D eigenvalue weighted by atomic mass is 10.1. The van der Waals surface area contributed by atoms with Gasteiger partial charge in [0.1, 0.15) is 0 Å². The van der Waals surface area contributed by atoms with Crippen LogP contribution in [0.25, 0.3) is 0 Å². The molecule has 2 rings (SSSR count). The molecule has 0 aliphatic carbocycles. The number of aryl methyl sites for hydroxylation is 3. The minimum absolute atomic E-state index is 0.0891. The summed E-state index contributed by atoms with van der Waals surface area (Å²) < 4.78 is 1.21. The standard InChI is InChI=1S/C19H23N3O3/c1-5-6-17(23)20-16-11-15(8-7-13(16)3)19(25)21-22-14(4)9-12(2)10-18(22)24/h7-11H,5-6H2,1-4H3,(H,20,23)(H,21,25). The molecule has 0 saturated carbocycles. The van der Waals surface area contributed by atoms with E-state index in [1.165, 1.54) is 10.7 Å². The minimum atomic E-state index is -0.417. The Hall–Kier alpha value is -2.89. The van der Waals surface area contributed by atoms with E-state index in [0.717, 1.165) is 17.5 Å². The lowest BCUT2D eigenvalue weighted by molar-refractivity contribution is -0.116. The lowest BCUT2D eigenvalue weighted by Gasteiger charge is -2.14. The molecule has 25 heavy (non-hydrogen) atoms. The first-order valence-electron chi connectivity index (χ1n) is 8.24. The lowest BCUT2D eigenvalue weighted by Crippen LogP contribution is -2.34. The van der Waals surface area contributed by atoms with Gasteiger partial charge in [0, 0.05) is 29.4 Å². The van der Waals surface area contributed by atoms with Crippen molar-refractivity contribution in [2.24, 2.45) is 0 Å². The Balaban J connectivity index is 2.26. The summed E-state index contributed by atoms with van der Waals surface area (Å²) in [5, 5.41) is 2.81. The van der Waals surface area contributed by atoms with Crippen LogP contribution >= 0.6 is 0 Å². The zero-order valence-electron chi connectivity index (χ0n) is 15.0. The molecule has 0 bridgehead atoms. The van der Waals surface area contributed by atoms with E-state index in [9.17, 15) is 14.4 Å². The van der Waals surface area contributed by atoms with E-state index >= 15 is 0 Å². The number of carbonyl (C=O) groups is 2. The summed E-state index contributed by atoms with van der Waals surface area (Å²) in [6, 6.07) is 8.31.